The topological polar surface area (TPSA) is 24.9 Å². The highest BCUT2D eigenvalue weighted by Gasteiger charge is 2.44. The summed E-state index contributed by atoms with van der Waals surface area (Å²) in [4.78, 5) is 3.97. The summed E-state index contributed by atoms with van der Waals surface area (Å²) >= 11 is 0. The molecule has 0 unspecified atom stereocenters. The summed E-state index contributed by atoms with van der Waals surface area (Å²) < 4.78 is 13.2. The molecule has 2 aliphatic rings. The highest BCUT2D eigenvalue weighted by Crippen LogP contribution is 2.59. The fourth-order valence-corrected chi connectivity index (χ4v) is 2.79. The molecular weight excluding hydrogens is 215 g/mol. The summed E-state index contributed by atoms with van der Waals surface area (Å²) in [6, 6.07) is 11.5. The first-order valence-corrected chi connectivity index (χ1v) is 5.85. The van der Waals surface area contributed by atoms with Crippen molar-refractivity contribution in [2.75, 3.05) is 5.32 Å². The van der Waals surface area contributed by atoms with Crippen LogP contribution in [0.4, 0.5) is 15.9 Å². The van der Waals surface area contributed by atoms with Crippen molar-refractivity contribution in [2.45, 2.75) is 18.3 Å². The van der Waals surface area contributed by atoms with Crippen molar-refractivity contribution in [3.05, 3.63) is 53.5 Å². The molecule has 0 saturated heterocycles. The minimum absolute atomic E-state index is 0.423. The van der Waals surface area contributed by atoms with Gasteiger partial charge in [-0.3, -0.25) is 0 Å². The Bertz CT molecular complexity index is 609. The highest BCUT2D eigenvalue weighted by atomic mass is 19.1. The van der Waals surface area contributed by atoms with Crippen LogP contribution in [0.3, 0.4) is 0 Å². The van der Waals surface area contributed by atoms with Gasteiger partial charge in [0.15, 0.2) is 0 Å². The normalized spacial score (nSPS) is 23.8. The predicted octanol–water partition coefficient (Wildman–Crippen LogP) is 3.55. The summed E-state index contributed by atoms with van der Waals surface area (Å²) in [5.74, 6) is 1.34. The third-order valence-corrected chi connectivity index (χ3v) is 3.70. The lowest BCUT2D eigenvalue weighted by Crippen LogP contribution is -1.99. The fraction of sp³-hybridized carbons (Fsp3) is 0.214. The number of nitrogens with zero attached hydrogens (tertiary/aromatic N) is 1. The van der Waals surface area contributed by atoms with Gasteiger partial charge in [0.25, 0.3) is 0 Å². The zero-order chi connectivity index (χ0) is 11.4. The van der Waals surface area contributed by atoms with Crippen LogP contribution in [0.1, 0.15) is 29.4 Å². The van der Waals surface area contributed by atoms with Gasteiger partial charge in [0, 0.05) is 5.69 Å². The van der Waals surface area contributed by atoms with Gasteiger partial charge in [-0.05, 0) is 41.5 Å². The van der Waals surface area contributed by atoms with E-state index < -0.39 is 5.95 Å². The molecule has 3 heteroatoms. The number of fused-ring (bicyclic) bond motifs is 5. The third kappa shape index (κ3) is 1.28. The molecule has 0 bridgehead atoms. The number of benzene rings is 1. The maximum Gasteiger partial charge on any atom is 0.214 e. The van der Waals surface area contributed by atoms with Crippen molar-refractivity contribution in [1.29, 1.82) is 0 Å². The Labute approximate surface area is 98.5 Å². The van der Waals surface area contributed by atoms with Crippen molar-refractivity contribution in [3.63, 3.8) is 0 Å². The van der Waals surface area contributed by atoms with Crippen molar-refractivity contribution >= 4 is 11.5 Å². The molecule has 2 nitrogen and oxygen atoms in total. The van der Waals surface area contributed by atoms with E-state index in [9.17, 15) is 4.39 Å². The number of nitrogens with one attached hydrogen (secondary N) is 1. The van der Waals surface area contributed by atoms with Gasteiger partial charge in [-0.1, -0.05) is 24.3 Å². The van der Waals surface area contributed by atoms with E-state index in [0.717, 1.165) is 17.7 Å². The Hall–Kier alpha value is -1.90. The van der Waals surface area contributed by atoms with Crippen LogP contribution in [0, 0.1) is 5.95 Å². The zero-order valence-corrected chi connectivity index (χ0v) is 9.15. The lowest BCUT2D eigenvalue weighted by atomic mass is 10.1. The molecule has 2 atom stereocenters. The minimum atomic E-state index is -0.423. The van der Waals surface area contributed by atoms with Gasteiger partial charge >= 0.3 is 0 Å². The maximum absolute atomic E-state index is 13.2. The molecular formula is C14H11FN2. The van der Waals surface area contributed by atoms with Gasteiger partial charge in [0.05, 0.1) is 0 Å². The average molecular weight is 226 g/mol. The molecule has 0 spiro atoms. The Morgan fingerprint density at radius 1 is 1.06 bits per heavy atom. The second-order valence-electron chi connectivity index (χ2n) is 4.73. The van der Waals surface area contributed by atoms with Crippen LogP contribution in [-0.2, 0) is 0 Å². The number of halogens is 1. The lowest BCUT2D eigenvalue weighted by molar-refractivity contribution is 0.584. The minimum Gasteiger partial charge on any atom is -0.340 e. The summed E-state index contributed by atoms with van der Waals surface area (Å²) in [5, 5.41) is 3.25. The van der Waals surface area contributed by atoms with Crippen LogP contribution in [0.15, 0.2) is 36.4 Å². The van der Waals surface area contributed by atoms with Gasteiger partial charge in [-0.25, -0.2) is 4.98 Å². The molecule has 1 saturated carbocycles. The second-order valence-corrected chi connectivity index (χ2v) is 4.73. The van der Waals surface area contributed by atoms with E-state index in [1.54, 1.807) is 0 Å². The molecule has 2 aromatic rings. The Balaban J connectivity index is 1.93. The second kappa shape index (κ2) is 3.06. The van der Waals surface area contributed by atoms with E-state index in [1.165, 1.54) is 11.6 Å². The molecule has 4 rings (SSSR count). The SMILES string of the molecule is Fc1ccc2c(n1)Nc1ccccc1[C@@H]1C[C@H]21. The number of rotatable bonds is 0. The Kier molecular flexibility index (Phi) is 1.65. The van der Waals surface area contributed by atoms with Gasteiger partial charge < -0.3 is 5.32 Å². The van der Waals surface area contributed by atoms with E-state index in [2.05, 4.69) is 22.4 Å². The lowest BCUT2D eigenvalue weighted by Gasteiger charge is -2.10. The molecule has 17 heavy (non-hydrogen) atoms. The van der Waals surface area contributed by atoms with Crippen molar-refractivity contribution in [1.82, 2.24) is 4.98 Å². The highest BCUT2D eigenvalue weighted by molar-refractivity contribution is 5.69. The van der Waals surface area contributed by atoms with E-state index in [1.807, 2.05) is 18.2 Å². The van der Waals surface area contributed by atoms with Crippen LogP contribution >= 0.6 is 0 Å². The summed E-state index contributed by atoms with van der Waals surface area (Å²) in [6.45, 7) is 0. The van der Waals surface area contributed by atoms with Gasteiger partial charge in [-0.2, -0.15) is 4.39 Å². The maximum atomic E-state index is 13.2. The smallest absolute Gasteiger partial charge is 0.214 e. The molecule has 0 radical (unpaired) electrons. The molecule has 0 amide bonds. The Morgan fingerprint density at radius 3 is 2.82 bits per heavy atom. The summed E-state index contributed by atoms with van der Waals surface area (Å²) in [6.07, 6.45) is 1.15. The Morgan fingerprint density at radius 2 is 1.88 bits per heavy atom. The number of pyridine rings is 1. The quantitative estimate of drug-likeness (QED) is 0.695. The van der Waals surface area contributed by atoms with Gasteiger partial charge in [-0.15, -0.1) is 0 Å². The van der Waals surface area contributed by atoms with E-state index in [-0.39, 0.29) is 0 Å². The summed E-state index contributed by atoms with van der Waals surface area (Å²) in [5.41, 5.74) is 3.54. The van der Waals surface area contributed by atoms with Crippen molar-refractivity contribution in [2.24, 2.45) is 0 Å². The predicted molar refractivity (Wildman–Crippen MR) is 64.0 cm³/mol. The number of aromatic nitrogens is 1. The average Bonchev–Trinajstić information content (AvgIpc) is 3.09. The molecule has 1 aromatic carbocycles. The molecule has 84 valence electrons. The number of hydrogen-bond acceptors (Lipinski definition) is 2. The molecule has 1 aliphatic heterocycles. The molecule has 1 aromatic heterocycles. The van der Waals surface area contributed by atoms with Crippen LogP contribution in [-0.4, -0.2) is 4.98 Å². The van der Waals surface area contributed by atoms with Gasteiger partial charge in [0.1, 0.15) is 5.82 Å². The van der Waals surface area contributed by atoms with Crippen LogP contribution in [0.2, 0.25) is 0 Å². The zero-order valence-electron chi connectivity index (χ0n) is 9.15. The van der Waals surface area contributed by atoms with Gasteiger partial charge in [0.2, 0.25) is 5.95 Å². The molecule has 1 N–H and O–H groups in total. The van der Waals surface area contributed by atoms with E-state index in [4.69, 9.17) is 0 Å². The number of para-hydroxylation sites is 1. The number of hydrogen-bond donors (Lipinski definition) is 1. The molecule has 1 fully saturated rings. The van der Waals surface area contributed by atoms with Crippen LogP contribution < -0.4 is 5.32 Å². The van der Waals surface area contributed by atoms with Crippen LogP contribution in [0.25, 0.3) is 0 Å². The first kappa shape index (κ1) is 9.16. The first-order valence-electron chi connectivity index (χ1n) is 5.85. The third-order valence-electron chi connectivity index (χ3n) is 3.70. The van der Waals surface area contributed by atoms with Crippen LogP contribution in [0.5, 0.6) is 0 Å². The number of anilines is 2. The largest absolute Gasteiger partial charge is 0.340 e. The monoisotopic (exact) mass is 226 g/mol. The van der Waals surface area contributed by atoms with E-state index >= 15 is 0 Å². The van der Waals surface area contributed by atoms with E-state index in [0.29, 0.717) is 17.7 Å². The molecule has 1 aliphatic carbocycles. The first-order chi connectivity index (χ1) is 8.33. The standard InChI is InChI=1S/C14H11FN2/c15-13-6-5-9-11-7-10(11)8-3-1-2-4-12(8)16-14(9)17-13/h1-6,10-11H,7H2,(H,16,17)/t10-,11+/m0/s1. The summed E-state index contributed by atoms with van der Waals surface area (Å²) in [7, 11) is 0. The fourth-order valence-electron chi connectivity index (χ4n) is 2.79. The van der Waals surface area contributed by atoms with Crippen molar-refractivity contribution < 1.29 is 4.39 Å². The van der Waals surface area contributed by atoms with Crippen molar-refractivity contribution in [3.8, 4) is 0 Å². The molecule has 2 heterocycles.